The van der Waals surface area contributed by atoms with Gasteiger partial charge in [0.2, 0.25) is 5.95 Å². The van der Waals surface area contributed by atoms with Gasteiger partial charge in [-0.3, -0.25) is 14.4 Å². The Morgan fingerprint density at radius 2 is 1.61 bits per heavy atom. The third kappa shape index (κ3) is 5.98. The number of fused-ring (bicyclic) bond motifs is 1. The maximum absolute atomic E-state index is 14.0. The van der Waals surface area contributed by atoms with Crippen LogP contribution in [0.15, 0.2) is 47.3 Å². The van der Waals surface area contributed by atoms with E-state index >= 15 is 0 Å². The first-order valence-corrected chi connectivity index (χ1v) is 14.5. The summed E-state index contributed by atoms with van der Waals surface area (Å²) in [7, 11) is 2.05. The van der Waals surface area contributed by atoms with E-state index in [1.165, 1.54) is 0 Å². The normalized spacial score (nSPS) is 17.5. The highest BCUT2D eigenvalue weighted by Gasteiger charge is 2.32. The monoisotopic (exact) mass is 596 g/mol. The van der Waals surface area contributed by atoms with Crippen molar-refractivity contribution in [2.24, 2.45) is 0 Å². The molecule has 3 heterocycles. The van der Waals surface area contributed by atoms with E-state index < -0.39 is 0 Å². The number of nitrogens with zero attached hydrogens (tertiary/aromatic N) is 5. The molecule has 2 aliphatic rings. The Balaban J connectivity index is 1.46. The Bertz CT molecular complexity index is 1530. The molecule has 1 saturated heterocycles. The van der Waals surface area contributed by atoms with Crippen LogP contribution in [0.25, 0.3) is 5.69 Å². The van der Waals surface area contributed by atoms with Gasteiger partial charge in [0.15, 0.2) is 0 Å². The molecule has 2 amide bonds. The quantitative estimate of drug-likeness (QED) is 0.471. The largest absolute Gasteiger partial charge is 0.353 e. The number of amides is 2. The molecule has 0 aliphatic carbocycles. The van der Waals surface area contributed by atoms with Crippen molar-refractivity contribution in [2.45, 2.75) is 45.8 Å². The minimum Gasteiger partial charge on any atom is -0.353 e. The molecule has 5 rings (SSSR count). The Morgan fingerprint density at radius 1 is 0.951 bits per heavy atom. The predicted molar refractivity (Wildman–Crippen MR) is 161 cm³/mol. The third-order valence-corrected chi connectivity index (χ3v) is 8.36. The van der Waals surface area contributed by atoms with Gasteiger partial charge in [0.25, 0.3) is 17.4 Å². The zero-order valence-electron chi connectivity index (χ0n) is 23.7. The molecule has 2 aliphatic heterocycles. The van der Waals surface area contributed by atoms with Gasteiger partial charge < -0.3 is 20.0 Å². The zero-order chi connectivity index (χ0) is 29.4. The van der Waals surface area contributed by atoms with Crippen LogP contribution in [0.3, 0.4) is 0 Å². The molecule has 41 heavy (non-hydrogen) atoms. The summed E-state index contributed by atoms with van der Waals surface area (Å²) < 4.78 is 1.56. The Morgan fingerprint density at radius 3 is 2.24 bits per heavy atom. The second-order valence-corrected chi connectivity index (χ2v) is 11.9. The van der Waals surface area contributed by atoms with Crippen LogP contribution >= 0.6 is 23.2 Å². The number of nitrogens with one attached hydrogen (secondary N) is 1. The van der Waals surface area contributed by atoms with E-state index in [4.69, 9.17) is 28.2 Å². The van der Waals surface area contributed by atoms with Crippen LogP contribution in [-0.2, 0) is 13.0 Å². The number of anilines is 1. The lowest BCUT2D eigenvalue weighted by atomic mass is 9.98. The highest BCUT2D eigenvalue weighted by molar-refractivity contribution is 6.42. The number of hydrogen-bond acceptors (Lipinski definition) is 6. The van der Waals surface area contributed by atoms with Gasteiger partial charge in [-0.2, -0.15) is 0 Å². The topological polar surface area (TPSA) is 90.8 Å². The van der Waals surface area contributed by atoms with Gasteiger partial charge in [0.1, 0.15) is 0 Å². The third-order valence-electron chi connectivity index (χ3n) is 7.62. The molecular formula is C30H34Cl2N6O3. The summed E-state index contributed by atoms with van der Waals surface area (Å²) in [5.41, 5.74) is 2.57. The summed E-state index contributed by atoms with van der Waals surface area (Å²) in [4.78, 5) is 51.0. The molecule has 3 aromatic rings. The van der Waals surface area contributed by atoms with E-state index in [1.807, 2.05) is 25.7 Å². The van der Waals surface area contributed by atoms with E-state index in [0.717, 1.165) is 13.1 Å². The molecule has 1 atom stereocenters. The van der Waals surface area contributed by atoms with Crippen LogP contribution in [0.2, 0.25) is 10.0 Å². The number of benzene rings is 2. The maximum atomic E-state index is 14.0. The first-order valence-electron chi connectivity index (χ1n) is 13.8. The molecule has 1 aromatic heterocycles. The van der Waals surface area contributed by atoms with Gasteiger partial charge in [0, 0.05) is 55.0 Å². The lowest BCUT2D eigenvalue weighted by Gasteiger charge is -2.35. The van der Waals surface area contributed by atoms with E-state index in [-0.39, 0.29) is 36.0 Å². The average Bonchev–Trinajstić information content (AvgIpc) is 2.94. The summed E-state index contributed by atoms with van der Waals surface area (Å²) in [6, 6.07) is 11.7. The molecule has 216 valence electrons. The molecule has 2 aromatic carbocycles. The number of aromatic nitrogens is 2. The second-order valence-electron chi connectivity index (χ2n) is 11.1. The number of likely N-dealkylation sites (N-methyl/N-ethyl adjacent to an activating group) is 1. The fraction of sp³-hybridized carbons (Fsp3) is 0.400. The number of carbonyl (C=O) groups excluding carboxylic acids is 2. The van der Waals surface area contributed by atoms with Crippen LogP contribution in [0.4, 0.5) is 5.95 Å². The van der Waals surface area contributed by atoms with Gasteiger partial charge in [0.05, 0.1) is 28.0 Å². The van der Waals surface area contributed by atoms with Crippen LogP contribution in [0, 0.1) is 0 Å². The fourth-order valence-electron chi connectivity index (χ4n) is 5.27. The van der Waals surface area contributed by atoms with Gasteiger partial charge in [-0.15, -0.1) is 0 Å². The number of hydrogen-bond donors (Lipinski definition) is 1. The van der Waals surface area contributed by atoms with Crippen molar-refractivity contribution in [1.82, 2.24) is 24.3 Å². The minimum absolute atomic E-state index is 0.000687. The SMILES string of the molecule is CC(C)Nc1nc2c(c(=O)n1-c1ccc(C(=O)N3CCN(C)CC3)cc1)C[C@@H](C)N(C(=O)c1ccc(Cl)c(Cl)c1)C2. The van der Waals surface area contributed by atoms with E-state index in [0.29, 0.717) is 63.6 Å². The summed E-state index contributed by atoms with van der Waals surface area (Å²) >= 11 is 12.2. The van der Waals surface area contributed by atoms with Gasteiger partial charge in [-0.05, 0) is 76.7 Å². The van der Waals surface area contributed by atoms with Crippen molar-refractivity contribution in [2.75, 3.05) is 38.5 Å². The first kappa shape index (κ1) is 29.1. The van der Waals surface area contributed by atoms with E-state index in [9.17, 15) is 14.4 Å². The predicted octanol–water partition coefficient (Wildman–Crippen LogP) is 4.33. The Kier molecular flexibility index (Phi) is 8.40. The average molecular weight is 598 g/mol. The summed E-state index contributed by atoms with van der Waals surface area (Å²) in [5.74, 6) is 0.173. The molecule has 11 heteroatoms. The number of carbonyl (C=O) groups is 2. The lowest BCUT2D eigenvalue weighted by molar-refractivity contribution is 0.0649. The molecule has 0 spiro atoms. The van der Waals surface area contributed by atoms with Crippen molar-refractivity contribution in [3.05, 3.63) is 85.2 Å². The van der Waals surface area contributed by atoms with Crippen LogP contribution in [-0.4, -0.2) is 81.4 Å². The smallest absolute Gasteiger partial charge is 0.263 e. The van der Waals surface area contributed by atoms with Crippen LogP contribution in [0.5, 0.6) is 0 Å². The minimum atomic E-state index is -0.236. The zero-order valence-corrected chi connectivity index (χ0v) is 25.2. The van der Waals surface area contributed by atoms with Crippen molar-refractivity contribution in [3.63, 3.8) is 0 Å². The molecule has 0 bridgehead atoms. The highest BCUT2D eigenvalue weighted by Crippen LogP contribution is 2.27. The van der Waals surface area contributed by atoms with E-state index in [1.54, 1.807) is 51.9 Å². The lowest BCUT2D eigenvalue weighted by Crippen LogP contribution is -2.47. The maximum Gasteiger partial charge on any atom is 0.263 e. The number of halogens is 2. The molecule has 9 nitrogen and oxygen atoms in total. The van der Waals surface area contributed by atoms with E-state index in [2.05, 4.69) is 17.3 Å². The number of piperazine rings is 1. The van der Waals surface area contributed by atoms with Gasteiger partial charge in [-0.1, -0.05) is 23.2 Å². The fourth-order valence-corrected chi connectivity index (χ4v) is 5.56. The Labute approximate surface area is 249 Å². The van der Waals surface area contributed by atoms with Gasteiger partial charge in [-0.25, -0.2) is 9.55 Å². The second kappa shape index (κ2) is 11.8. The Hall–Kier alpha value is -3.40. The summed E-state index contributed by atoms with van der Waals surface area (Å²) in [6.07, 6.45) is 0.357. The molecule has 1 fully saturated rings. The molecular weight excluding hydrogens is 563 g/mol. The first-order chi connectivity index (χ1) is 19.5. The van der Waals surface area contributed by atoms with Gasteiger partial charge >= 0.3 is 0 Å². The van der Waals surface area contributed by atoms with Crippen molar-refractivity contribution in [1.29, 1.82) is 0 Å². The van der Waals surface area contributed by atoms with Crippen molar-refractivity contribution >= 4 is 41.0 Å². The summed E-state index contributed by atoms with van der Waals surface area (Å²) in [6.45, 7) is 9.12. The number of rotatable bonds is 5. The van der Waals surface area contributed by atoms with Crippen LogP contribution < -0.4 is 10.9 Å². The molecule has 0 unspecified atom stereocenters. The van der Waals surface area contributed by atoms with Crippen molar-refractivity contribution in [3.8, 4) is 5.69 Å². The van der Waals surface area contributed by atoms with Crippen molar-refractivity contribution < 1.29 is 9.59 Å². The molecule has 1 N–H and O–H groups in total. The highest BCUT2D eigenvalue weighted by atomic mass is 35.5. The molecule has 0 radical (unpaired) electrons. The van der Waals surface area contributed by atoms with Crippen LogP contribution in [0.1, 0.15) is 52.7 Å². The standard InChI is InChI=1S/C30H34Cl2N6O3/c1-18(2)33-30-34-26-17-37(28(40)21-7-10-24(31)25(32)16-21)19(3)15-23(26)29(41)38(30)22-8-5-20(6-9-22)27(39)36-13-11-35(4)12-14-36/h5-10,16,18-19H,11-15,17H2,1-4H3,(H,33,34)/t19-/m1/s1. The molecule has 0 saturated carbocycles. The summed E-state index contributed by atoms with van der Waals surface area (Å²) in [5, 5.41) is 3.98.